The zero-order chi connectivity index (χ0) is 10.8. The van der Waals surface area contributed by atoms with Crippen molar-refractivity contribution in [1.29, 1.82) is 0 Å². The molecule has 0 saturated carbocycles. The summed E-state index contributed by atoms with van der Waals surface area (Å²) < 4.78 is 0. The Balaban J connectivity index is 2.24. The van der Waals surface area contributed by atoms with Crippen molar-refractivity contribution in [3.63, 3.8) is 0 Å². The van der Waals surface area contributed by atoms with E-state index in [-0.39, 0.29) is 6.61 Å². The highest BCUT2D eigenvalue weighted by Gasteiger charge is 2.21. The highest BCUT2D eigenvalue weighted by molar-refractivity contribution is 6.30. The van der Waals surface area contributed by atoms with Gasteiger partial charge in [-0.1, -0.05) is 24.6 Å². The Bertz CT molecular complexity index is 353. The monoisotopic (exact) mass is 225 g/mol. The standard InChI is InChI=1S/C12H16ClNO/c1-9-7-14(4-5-15)8-10-2-3-11(13)6-12(9)10/h2-3,6,9,15H,4-5,7-8H2,1H3. The van der Waals surface area contributed by atoms with E-state index in [0.717, 1.165) is 24.7 Å². The van der Waals surface area contributed by atoms with Gasteiger partial charge in [0.2, 0.25) is 0 Å². The minimum absolute atomic E-state index is 0.232. The van der Waals surface area contributed by atoms with E-state index in [0.29, 0.717) is 5.92 Å². The van der Waals surface area contributed by atoms with Crippen molar-refractivity contribution in [3.05, 3.63) is 34.3 Å². The lowest BCUT2D eigenvalue weighted by atomic mass is 9.91. The number of β-amino-alcohol motifs (C(OH)–C–C–N with tert-alkyl or cyclic N) is 1. The Hall–Kier alpha value is -0.570. The van der Waals surface area contributed by atoms with E-state index in [4.69, 9.17) is 16.7 Å². The van der Waals surface area contributed by atoms with Crippen LogP contribution in [0, 0.1) is 0 Å². The topological polar surface area (TPSA) is 23.5 Å². The predicted octanol–water partition coefficient (Wildman–Crippen LogP) is 2.25. The van der Waals surface area contributed by atoms with Crippen LogP contribution < -0.4 is 0 Å². The van der Waals surface area contributed by atoms with Crippen LogP contribution in [-0.4, -0.2) is 29.7 Å². The average Bonchev–Trinajstić information content (AvgIpc) is 2.20. The second kappa shape index (κ2) is 4.52. The molecule has 0 bridgehead atoms. The maximum atomic E-state index is 8.93. The number of benzene rings is 1. The first-order valence-electron chi connectivity index (χ1n) is 5.32. The first kappa shape index (κ1) is 10.9. The lowest BCUT2D eigenvalue weighted by Gasteiger charge is -2.32. The fourth-order valence-electron chi connectivity index (χ4n) is 2.27. The number of hydrogen-bond acceptors (Lipinski definition) is 2. The van der Waals surface area contributed by atoms with E-state index in [1.54, 1.807) is 0 Å². The molecule has 0 aliphatic carbocycles. The summed E-state index contributed by atoms with van der Waals surface area (Å²) in [5.41, 5.74) is 2.70. The van der Waals surface area contributed by atoms with E-state index >= 15 is 0 Å². The minimum Gasteiger partial charge on any atom is -0.395 e. The third-order valence-electron chi connectivity index (χ3n) is 2.98. The molecule has 0 aromatic heterocycles. The molecule has 1 atom stereocenters. The highest BCUT2D eigenvalue weighted by atomic mass is 35.5. The highest BCUT2D eigenvalue weighted by Crippen LogP contribution is 2.29. The van der Waals surface area contributed by atoms with Crippen LogP contribution in [0.2, 0.25) is 5.02 Å². The first-order valence-corrected chi connectivity index (χ1v) is 5.70. The van der Waals surface area contributed by atoms with Crippen LogP contribution in [0.5, 0.6) is 0 Å². The molecule has 82 valence electrons. The number of nitrogens with zero attached hydrogens (tertiary/aromatic N) is 1. The van der Waals surface area contributed by atoms with Gasteiger partial charge in [0.05, 0.1) is 6.61 Å². The van der Waals surface area contributed by atoms with Crippen molar-refractivity contribution >= 4 is 11.6 Å². The molecule has 3 heteroatoms. The molecular weight excluding hydrogens is 210 g/mol. The molecular formula is C12H16ClNO. The zero-order valence-corrected chi connectivity index (χ0v) is 9.67. The van der Waals surface area contributed by atoms with Gasteiger partial charge in [0.15, 0.2) is 0 Å². The molecule has 1 aromatic carbocycles. The van der Waals surface area contributed by atoms with Gasteiger partial charge in [0.25, 0.3) is 0 Å². The molecule has 2 rings (SSSR count). The summed E-state index contributed by atoms with van der Waals surface area (Å²) in [6, 6.07) is 6.10. The quantitative estimate of drug-likeness (QED) is 0.835. The summed E-state index contributed by atoms with van der Waals surface area (Å²) in [7, 11) is 0. The van der Waals surface area contributed by atoms with Crippen LogP contribution in [0.3, 0.4) is 0 Å². The Morgan fingerprint density at radius 2 is 2.33 bits per heavy atom. The first-order chi connectivity index (χ1) is 7.20. The normalized spacial score (nSPS) is 21.4. The van der Waals surface area contributed by atoms with Crippen molar-refractivity contribution in [1.82, 2.24) is 4.90 Å². The number of fused-ring (bicyclic) bond motifs is 1. The Morgan fingerprint density at radius 3 is 3.07 bits per heavy atom. The Kier molecular flexibility index (Phi) is 3.29. The molecule has 15 heavy (non-hydrogen) atoms. The molecule has 1 aliphatic rings. The van der Waals surface area contributed by atoms with Crippen molar-refractivity contribution in [2.45, 2.75) is 19.4 Å². The van der Waals surface area contributed by atoms with Gasteiger partial charge in [-0.2, -0.15) is 0 Å². The number of hydrogen-bond donors (Lipinski definition) is 1. The summed E-state index contributed by atoms with van der Waals surface area (Å²) in [5.74, 6) is 0.499. The predicted molar refractivity (Wildman–Crippen MR) is 62.2 cm³/mol. The fourth-order valence-corrected chi connectivity index (χ4v) is 2.45. The molecule has 0 radical (unpaired) electrons. The maximum absolute atomic E-state index is 8.93. The fraction of sp³-hybridized carbons (Fsp3) is 0.500. The molecule has 1 aliphatic heterocycles. The Morgan fingerprint density at radius 1 is 1.53 bits per heavy atom. The zero-order valence-electron chi connectivity index (χ0n) is 8.91. The van der Waals surface area contributed by atoms with Gasteiger partial charge in [-0.05, 0) is 29.2 Å². The SMILES string of the molecule is CC1CN(CCO)Cc2ccc(Cl)cc21. The lowest BCUT2D eigenvalue weighted by Crippen LogP contribution is -2.34. The second-order valence-electron chi connectivity index (χ2n) is 4.20. The second-order valence-corrected chi connectivity index (χ2v) is 4.64. The molecule has 2 nitrogen and oxygen atoms in total. The van der Waals surface area contributed by atoms with Gasteiger partial charge in [-0.15, -0.1) is 0 Å². The number of aliphatic hydroxyl groups excluding tert-OH is 1. The van der Waals surface area contributed by atoms with Gasteiger partial charge in [0, 0.05) is 24.7 Å². The van der Waals surface area contributed by atoms with Crippen LogP contribution in [0.1, 0.15) is 24.0 Å². The van der Waals surface area contributed by atoms with Crippen LogP contribution in [0.25, 0.3) is 0 Å². The molecule has 1 aromatic rings. The van der Waals surface area contributed by atoms with Gasteiger partial charge >= 0.3 is 0 Å². The summed E-state index contributed by atoms with van der Waals surface area (Å²) in [6.07, 6.45) is 0. The third kappa shape index (κ3) is 2.33. The van der Waals surface area contributed by atoms with Crippen molar-refractivity contribution in [2.24, 2.45) is 0 Å². The van der Waals surface area contributed by atoms with E-state index < -0.39 is 0 Å². The van der Waals surface area contributed by atoms with Crippen molar-refractivity contribution in [3.8, 4) is 0 Å². The van der Waals surface area contributed by atoms with E-state index in [1.807, 2.05) is 6.07 Å². The molecule has 1 unspecified atom stereocenters. The Labute approximate surface area is 95.5 Å². The smallest absolute Gasteiger partial charge is 0.0558 e. The van der Waals surface area contributed by atoms with E-state index in [2.05, 4.69) is 24.0 Å². The van der Waals surface area contributed by atoms with E-state index in [1.165, 1.54) is 11.1 Å². The van der Waals surface area contributed by atoms with Crippen LogP contribution in [0.15, 0.2) is 18.2 Å². The van der Waals surface area contributed by atoms with Crippen LogP contribution in [0.4, 0.5) is 0 Å². The van der Waals surface area contributed by atoms with Crippen molar-refractivity contribution < 1.29 is 5.11 Å². The largest absolute Gasteiger partial charge is 0.395 e. The summed E-state index contributed by atoms with van der Waals surface area (Å²) in [6.45, 7) is 5.13. The molecule has 0 fully saturated rings. The van der Waals surface area contributed by atoms with E-state index in [9.17, 15) is 0 Å². The summed E-state index contributed by atoms with van der Waals surface area (Å²) in [4.78, 5) is 2.28. The summed E-state index contributed by atoms with van der Waals surface area (Å²) in [5, 5.41) is 9.75. The molecule has 0 saturated heterocycles. The van der Waals surface area contributed by atoms with Crippen molar-refractivity contribution in [2.75, 3.05) is 19.7 Å². The van der Waals surface area contributed by atoms with Gasteiger partial charge in [-0.3, -0.25) is 4.90 Å². The summed E-state index contributed by atoms with van der Waals surface area (Å²) >= 11 is 5.99. The number of halogens is 1. The molecule has 0 spiro atoms. The maximum Gasteiger partial charge on any atom is 0.0558 e. The average molecular weight is 226 g/mol. The number of rotatable bonds is 2. The van der Waals surface area contributed by atoms with Gasteiger partial charge in [0.1, 0.15) is 0 Å². The van der Waals surface area contributed by atoms with Gasteiger partial charge < -0.3 is 5.11 Å². The molecule has 1 heterocycles. The molecule has 1 N–H and O–H groups in total. The minimum atomic E-state index is 0.232. The van der Waals surface area contributed by atoms with Crippen LogP contribution in [-0.2, 0) is 6.54 Å². The van der Waals surface area contributed by atoms with Gasteiger partial charge in [-0.25, -0.2) is 0 Å². The molecule has 0 amide bonds. The third-order valence-corrected chi connectivity index (χ3v) is 3.22. The van der Waals surface area contributed by atoms with Crippen LogP contribution >= 0.6 is 11.6 Å². The number of aliphatic hydroxyl groups is 1. The lowest BCUT2D eigenvalue weighted by molar-refractivity contribution is 0.175.